The summed E-state index contributed by atoms with van der Waals surface area (Å²) >= 11 is 0. The number of hydrogen-bond acceptors (Lipinski definition) is 10. The average Bonchev–Trinajstić information content (AvgIpc) is 3.45. The molecule has 0 unspecified atom stereocenters. The van der Waals surface area contributed by atoms with Gasteiger partial charge in [0, 0.05) is 0 Å². The first-order chi connectivity index (χ1) is 16.4. The van der Waals surface area contributed by atoms with E-state index in [9.17, 15) is 19.2 Å². The van der Waals surface area contributed by atoms with Crippen molar-refractivity contribution in [2.24, 2.45) is 0 Å². The number of carbonyl (C=O) groups is 4. The highest BCUT2D eigenvalue weighted by atomic mass is 16.5. The number of fused-ring (bicyclic) bond motifs is 2. The summed E-state index contributed by atoms with van der Waals surface area (Å²) in [4.78, 5) is 49.5. The number of hydrogen-bond donors (Lipinski definition) is 0. The Hall–Kier alpha value is -4.74. The van der Waals surface area contributed by atoms with E-state index in [2.05, 4.69) is 10.2 Å². The van der Waals surface area contributed by atoms with Gasteiger partial charge < -0.3 is 18.9 Å². The van der Waals surface area contributed by atoms with E-state index < -0.39 is 23.9 Å². The van der Waals surface area contributed by atoms with Crippen LogP contribution in [0.4, 0.5) is 0 Å². The quantitative estimate of drug-likeness (QED) is 0.316. The largest absolute Gasteiger partial charge is 0.465 e. The Kier molecular flexibility index (Phi) is 5.72. The number of methoxy groups -OCH3 is 4. The standard InChI is InChI=1S/C22H18N4O8/c1-31-19(27)15-13-9-5-7-11(25(13)23-17(15)21(29)33-3)12-8-6-10-14-16(20(28)32-2)18(22(30)34-4)24-26(12)14/h5-10H,1-4H3. The molecule has 0 saturated heterocycles. The third kappa shape index (κ3) is 3.32. The van der Waals surface area contributed by atoms with Gasteiger partial charge in [0.25, 0.3) is 0 Å². The van der Waals surface area contributed by atoms with Gasteiger partial charge in [0.1, 0.15) is 11.1 Å². The van der Waals surface area contributed by atoms with Crippen LogP contribution in [0.25, 0.3) is 22.4 Å². The molecule has 4 aromatic heterocycles. The van der Waals surface area contributed by atoms with Gasteiger partial charge in [-0.15, -0.1) is 0 Å². The van der Waals surface area contributed by atoms with Crippen LogP contribution in [0.5, 0.6) is 0 Å². The average molecular weight is 466 g/mol. The lowest BCUT2D eigenvalue weighted by atomic mass is 10.1. The van der Waals surface area contributed by atoms with Crippen LogP contribution in [0, 0.1) is 0 Å². The lowest BCUT2D eigenvalue weighted by molar-refractivity contribution is 0.0553. The molecule has 12 heteroatoms. The Bertz CT molecular complexity index is 1370. The van der Waals surface area contributed by atoms with Crippen LogP contribution in [-0.2, 0) is 18.9 Å². The number of nitrogens with zero attached hydrogens (tertiary/aromatic N) is 4. The van der Waals surface area contributed by atoms with Crippen molar-refractivity contribution in [3.05, 3.63) is 58.9 Å². The number of ether oxygens (including phenoxy) is 4. The summed E-state index contributed by atoms with van der Waals surface area (Å²) in [5.41, 5.74) is 0.701. The van der Waals surface area contributed by atoms with E-state index in [0.29, 0.717) is 11.4 Å². The predicted molar refractivity (Wildman–Crippen MR) is 115 cm³/mol. The zero-order valence-electron chi connectivity index (χ0n) is 18.5. The lowest BCUT2D eigenvalue weighted by Gasteiger charge is -2.08. The Labute approximate surface area is 191 Å². The van der Waals surface area contributed by atoms with Gasteiger partial charge in [0.2, 0.25) is 0 Å². The highest BCUT2D eigenvalue weighted by molar-refractivity contribution is 6.08. The van der Waals surface area contributed by atoms with Crippen molar-refractivity contribution in [2.45, 2.75) is 0 Å². The molecule has 34 heavy (non-hydrogen) atoms. The van der Waals surface area contributed by atoms with Crippen LogP contribution in [-0.4, -0.2) is 71.5 Å². The van der Waals surface area contributed by atoms with Crippen LogP contribution < -0.4 is 0 Å². The molecule has 0 spiro atoms. The minimum Gasteiger partial charge on any atom is -0.465 e. The lowest BCUT2D eigenvalue weighted by Crippen LogP contribution is -2.10. The van der Waals surface area contributed by atoms with Crippen molar-refractivity contribution >= 4 is 34.9 Å². The monoisotopic (exact) mass is 466 g/mol. The van der Waals surface area contributed by atoms with E-state index in [-0.39, 0.29) is 33.5 Å². The van der Waals surface area contributed by atoms with Crippen molar-refractivity contribution in [2.75, 3.05) is 28.4 Å². The first-order valence-electron chi connectivity index (χ1n) is 9.75. The third-order valence-corrected chi connectivity index (χ3v) is 5.11. The van der Waals surface area contributed by atoms with Gasteiger partial charge in [-0.05, 0) is 24.3 Å². The molecule has 0 atom stereocenters. The molecule has 12 nitrogen and oxygen atoms in total. The van der Waals surface area contributed by atoms with Crippen LogP contribution in [0.2, 0.25) is 0 Å². The summed E-state index contributed by atoms with van der Waals surface area (Å²) < 4.78 is 21.9. The molecule has 4 heterocycles. The van der Waals surface area contributed by atoms with Gasteiger partial charge in [-0.3, -0.25) is 0 Å². The van der Waals surface area contributed by atoms with Crippen LogP contribution >= 0.6 is 0 Å². The fourth-order valence-electron chi connectivity index (χ4n) is 3.61. The summed E-state index contributed by atoms with van der Waals surface area (Å²) in [6.07, 6.45) is 0. The number of rotatable bonds is 5. The molecule has 4 aromatic rings. The second-order valence-electron chi connectivity index (χ2n) is 6.83. The highest BCUT2D eigenvalue weighted by Gasteiger charge is 2.29. The second-order valence-corrected chi connectivity index (χ2v) is 6.83. The van der Waals surface area contributed by atoms with E-state index >= 15 is 0 Å². The third-order valence-electron chi connectivity index (χ3n) is 5.11. The molecule has 0 aromatic carbocycles. The first-order valence-corrected chi connectivity index (χ1v) is 9.75. The van der Waals surface area contributed by atoms with Gasteiger partial charge in [-0.2, -0.15) is 10.2 Å². The zero-order chi connectivity index (χ0) is 24.6. The fourth-order valence-corrected chi connectivity index (χ4v) is 3.61. The molecular formula is C22H18N4O8. The van der Waals surface area contributed by atoms with Crippen LogP contribution in [0.15, 0.2) is 36.4 Å². The normalized spacial score (nSPS) is 10.8. The van der Waals surface area contributed by atoms with Gasteiger partial charge in [-0.1, -0.05) is 12.1 Å². The summed E-state index contributed by atoms with van der Waals surface area (Å²) in [7, 11) is 4.71. The maximum Gasteiger partial charge on any atom is 0.359 e. The number of aromatic nitrogens is 4. The molecule has 0 N–H and O–H groups in total. The summed E-state index contributed by atoms with van der Waals surface area (Å²) in [6, 6.07) is 9.77. The van der Waals surface area contributed by atoms with Crippen molar-refractivity contribution in [3.8, 4) is 11.4 Å². The van der Waals surface area contributed by atoms with Crippen molar-refractivity contribution < 1.29 is 38.1 Å². The number of esters is 4. The van der Waals surface area contributed by atoms with Crippen LogP contribution in [0.3, 0.4) is 0 Å². The minimum absolute atomic E-state index is 0.0747. The summed E-state index contributed by atoms with van der Waals surface area (Å²) in [6.45, 7) is 0. The van der Waals surface area contributed by atoms with Gasteiger partial charge in [-0.25, -0.2) is 28.2 Å². The molecule has 0 amide bonds. The van der Waals surface area contributed by atoms with E-state index in [0.717, 1.165) is 0 Å². The van der Waals surface area contributed by atoms with E-state index in [1.165, 1.54) is 37.5 Å². The van der Waals surface area contributed by atoms with Crippen LogP contribution in [0.1, 0.15) is 41.7 Å². The topological polar surface area (TPSA) is 140 Å². The molecule has 4 rings (SSSR count). The Morgan fingerprint density at radius 3 is 1.26 bits per heavy atom. The van der Waals surface area contributed by atoms with Gasteiger partial charge in [0.05, 0.1) is 50.9 Å². The number of carbonyl (C=O) groups excluding carboxylic acids is 4. The maximum atomic E-state index is 12.5. The van der Waals surface area contributed by atoms with Crippen molar-refractivity contribution in [1.82, 2.24) is 19.2 Å². The Morgan fingerprint density at radius 2 is 0.941 bits per heavy atom. The number of pyridine rings is 2. The molecule has 0 fully saturated rings. The summed E-state index contributed by atoms with van der Waals surface area (Å²) in [5.74, 6) is -3.20. The highest BCUT2D eigenvalue weighted by Crippen LogP contribution is 2.28. The van der Waals surface area contributed by atoms with Gasteiger partial charge in [0.15, 0.2) is 11.4 Å². The van der Waals surface area contributed by atoms with E-state index in [1.807, 2.05) is 0 Å². The molecular weight excluding hydrogens is 448 g/mol. The Balaban J connectivity index is 2.07. The fraction of sp³-hybridized carbons (Fsp3) is 0.182. The van der Waals surface area contributed by atoms with E-state index in [4.69, 9.17) is 18.9 Å². The molecule has 0 saturated carbocycles. The molecule has 0 aliphatic heterocycles. The molecule has 0 radical (unpaired) electrons. The van der Waals surface area contributed by atoms with Crippen molar-refractivity contribution in [3.63, 3.8) is 0 Å². The molecule has 0 bridgehead atoms. The molecule has 0 aliphatic rings. The first kappa shape index (κ1) is 22.5. The smallest absolute Gasteiger partial charge is 0.359 e. The minimum atomic E-state index is -0.826. The van der Waals surface area contributed by atoms with E-state index in [1.54, 1.807) is 36.4 Å². The van der Waals surface area contributed by atoms with Gasteiger partial charge >= 0.3 is 23.9 Å². The zero-order valence-corrected chi connectivity index (χ0v) is 18.5. The summed E-state index contributed by atoms with van der Waals surface area (Å²) in [5, 5.41) is 8.57. The predicted octanol–water partition coefficient (Wildman–Crippen LogP) is 1.80. The van der Waals surface area contributed by atoms with Crippen molar-refractivity contribution in [1.29, 1.82) is 0 Å². The SMILES string of the molecule is COC(=O)c1nn2c(-c3cccc4c(C(=O)OC)c(C(=O)OC)nn34)cccc2c1C(=O)OC. The molecule has 0 aliphatic carbocycles. The Morgan fingerprint density at radius 1 is 0.588 bits per heavy atom. The molecule has 174 valence electrons. The maximum absolute atomic E-state index is 12.5. The second kappa shape index (κ2) is 8.65.